The van der Waals surface area contributed by atoms with E-state index in [0.29, 0.717) is 18.9 Å². The average molecular weight is 369 g/mol. The molecule has 2 aromatic carbocycles. The number of carboxylic acid groups (broad SMARTS) is 1. The van der Waals surface area contributed by atoms with Crippen LogP contribution in [-0.4, -0.2) is 29.3 Å². The minimum absolute atomic E-state index is 0.0665. The predicted octanol–water partition coefficient (Wildman–Crippen LogP) is 4.20. The maximum Gasteiger partial charge on any atom is 0.309 e. The molecule has 6 heteroatoms. The Kier molecular flexibility index (Phi) is 5.86. The lowest BCUT2D eigenvalue weighted by molar-refractivity contribution is -0.136. The van der Waals surface area contributed by atoms with Crippen molar-refractivity contribution in [2.24, 2.45) is 0 Å². The molecule has 1 aromatic heterocycles. The first-order valence-electron chi connectivity index (χ1n) is 8.19. The van der Waals surface area contributed by atoms with E-state index in [4.69, 9.17) is 14.6 Å². The molecule has 0 fully saturated rings. The third kappa shape index (κ3) is 4.83. The molecule has 134 valence electrons. The van der Waals surface area contributed by atoms with E-state index in [1.54, 1.807) is 5.38 Å². The molecule has 0 radical (unpaired) electrons. The van der Waals surface area contributed by atoms with E-state index in [0.717, 1.165) is 27.6 Å². The van der Waals surface area contributed by atoms with E-state index in [1.807, 2.05) is 55.5 Å². The Morgan fingerprint density at radius 2 is 1.92 bits per heavy atom. The van der Waals surface area contributed by atoms with Crippen molar-refractivity contribution >= 4 is 17.3 Å². The molecule has 3 aromatic rings. The van der Waals surface area contributed by atoms with Crippen molar-refractivity contribution in [3.63, 3.8) is 0 Å². The van der Waals surface area contributed by atoms with Crippen molar-refractivity contribution in [3.05, 3.63) is 65.2 Å². The average Bonchev–Trinajstić information content (AvgIpc) is 3.08. The van der Waals surface area contributed by atoms with Gasteiger partial charge >= 0.3 is 5.97 Å². The van der Waals surface area contributed by atoms with Gasteiger partial charge in [-0.15, -0.1) is 11.3 Å². The minimum atomic E-state index is -0.882. The molecule has 0 aliphatic rings. The van der Waals surface area contributed by atoms with Crippen LogP contribution in [0.25, 0.3) is 10.6 Å². The smallest absolute Gasteiger partial charge is 0.309 e. The van der Waals surface area contributed by atoms with Crippen molar-refractivity contribution in [3.8, 4) is 22.1 Å². The quantitative estimate of drug-likeness (QED) is 0.603. The second-order valence-electron chi connectivity index (χ2n) is 5.70. The number of hydrogen-bond donors (Lipinski definition) is 1. The summed E-state index contributed by atoms with van der Waals surface area (Å²) in [5, 5.41) is 11.4. The number of rotatable bonds is 8. The van der Waals surface area contributed by atoms with Crippen LogP contribution in [0.3, 0.4) is 0 Å². The first-order chi connectivity index (χ1) is 12.6. The van der Waals surface area contributed by atoms with Gasteiger partial charge in [0.15, 0.2) is 0 Å². The van der Waals surface area contributed by atoms with Crippen molar-refractivity contribution < 1.29 is 19.4 Å². The second-order valence-corrected chi connectivity index (χ2v) is 6.56. The molecule has 0 bridgehead atoms. The van der Waals surface area contributed by atoms with E-state index in [9.17, 15) is 4.79 Å². The number of hydrogen-bond acceptors (Lipinski definition) is 5. The van der Waals surface area contributed by atoms with Crippen LogP contribution in [0.2, 0.25) is 0 Å². The molecule has 0 aliphatic heterocycles. The molecule has 0 unspecified atom stereocenters. The second kappa shape index (κ2) is 8.49. The van der Waals surface area contributed by atoms with Crippen molar-refractivity contribution in [2.45, 2.75) is 13.3 Å². The zero-order chi connectivity index (χ0) is 18.4. The molecular formula is C20H19NO4S. The highest BCUT2D eigenvalue weighted by Crippen LogP contribution is 2.27. The molecule has 0 saturated carbocycles. The largest absolute Gasteiger partial charge is 0.490 e. The molecule has 0 saturated heterocycles. The van der Waals surface area contributed by atoms with Gasteiger partial charge in [-0.2, -0.15) is 0 Å². The van der Waals surface area contributed by atoms with Crippen molar-refractivity contribution in [2.75, 3.05) is 13.2 Å². The summed E-state index contributed by atoms with van der Waals surface area (Å²) < 4.78 is 11.5. The van der Waals surface area contributed by atoms with Crippen LogP contribution < -0.4 is 9.47 Å². The van der Waals surface area contributed by atoms with Gasteiger partial charge in [0.05, 0.1) is 12.1 Å². The maximum absolute atomic E-state index is 10.8. The molecule has 1 N–H and O–H groups in total. The summed E-state index contributed by atoms with van der Waals surface area (Å²) in [6.45, 7) is 2.89. The Labute approximate surface area is 155 Å². The minimum Gasteiger partial charge on any atom is -0.490 e. The topological polar surface area (TPSA) is 68.7 Å². The number of carboxylic acids is 1. The first kappa shape index (κ1) is 17.9. The number of aliphatic carboxylic acids is 1. The van der Waals surface area contributed by atoms with Crippen LogP contribution in [0, 0.1) is 6.92 Å². The van der Waals surface area contributed by atoms with Gasteiger partial charge in [0.2, 0.25) is 0 Å². The molecule has 26 heavy (non-hydrogen) atoms. The lowest BCUT2D eigenvalue weighted by atomic mass is 10.2. The molecule has 0 aliphatic carbocycles. The maximum atomic E-state index is 10.8. The number of aryl methyl sites for hydroxylation is 1. The first-order valence-corrected chi connectivity index (χ1v) is 9.07. The fraction of sp³-hybridized carbons (Fsp3) is 0.200. The monoisotopic (exact) mass is 369 g/mol. The summed E-state index contributed by atoms with van der Waals surface area (Å²) in [6, 6.07) is 15.5. The summed E-state index contributed by atoms with van der Waals surface area (Å²) >= 11 is 1.43. The fourth-order valence-corrected chi connectivity index (χ4v) is 3.24. The number of ether oxygens (including phenoxy) is 2. The lowest BCUT2D eigenvalue weighted by Gasteiger charge is -2.10. The fourth-order valence-electron chi connectivity index (χ4n) is 2.42. The van der Waals surface area contributed by atoms with E-state index in [-0.39, 0.29) is 6.42 Å². The standard InChI is InChI=1S/C20H19NO4S/c1-14-5-2-3-8-18(14)25-10-9-24-17-7-4-6-15(11-17)20-21-16(13-26-20)12-19(22)23/h2-8,11,13H,9-10,12H2,1H3,(H,22,23). The van der Waals surface area contributed by atoms with Crippen LogP contribution in [0.15, 0.2) is 53.9 Å². The Bertz CT molecular complexity index is 891. The summed E-state index contributed by atoms with van der Waals surface area (Å²) in [4.78, 5) is 15.1. The Morgan fingerprint density at radius 3 is 2.73 bits per heavy atom. The summed E-state index contributed by atoms with van der Waals surface area (Å²) in [5.41, 5.74) is 2.56. The molecule has 0 atom stereocenters. The molecule has 0 amide bonds. The van der Waals surface area contributed by atoms with Crippen LogP contribution in [0.4, 0.5) is 0 Å². The van der Waals surface area contributed by atoms with Gasteiger partial charge in [0.1, 0.15) is 29.7 Å². The SMILES string of the molecule is Cc1ccccc1OCCOc1cccc(-c2nc(CC(=O)O)cs2)c1. The highest BCUT2D eigenvalue weighted by atomic mass is 32.1. The Morgan fingerprint density at radius 1 is 1.12 bits per heavy atom. The Hall–Kier alpha value is -2.86. The molecule has 0 spiro atoms. The zero-order valence-corrected chi connectivity index (χ0v) is 15.2. The molecule has 1 heterocycles. The van der Waals surface area contributed by atoms with Gasteiger partial charge in [-0.3, -0.25) is 4.79 Å². The number of carbonyl (C=O) groups is 1. The van der Waals surface area contributed by atoms with Crippen molar-refractivity contribution in [1.29, 1.82) is 0 Å². The highest BCUT2D eigenvalue weighted by molar-refractivity contribution is 7.13. The van der Waals surface area contributed by atoms with Gasteiger partial charge < -0.3 is 14.6 Å². The summed E-state index contributed by atoms with van der Waals surface area (Å²) in [5.74, 6) is 0.706. The van der Waals surface area contributed by atoms with E-state index in [1.165, 1.54) is 11.3 Å². The van der Waals surface area contributed by atoms with Crippen molar-refractivity contribution in [1.82, 2.24) is 4.98 Å². The number of para-hydroxylation sites is 1. The zero-order valence-electron chi connectivity index (χ0n) is 14.3. The van der Waals surface area contributed by atoms with Gasteiger partial charge in [0, 0.05) is 10.9 Å². The normalized spacial score (nSPS) is 10.5. The van der Waals surface area contributed by atoms with Crippen LogP contribution >= 0.6 is 11.3 Å². The van der Waals surface area contributed by atoms with Gasteiger partial charge in [-0.05, 0) is 30.7 Å². The molecule has 5 nitrogen and oxygen atoms in total. The highest BCUT2D eigenvalue weighted by Gasteiger charge is 2.08. The number of thiazole rings is 1. The summed E-state index contributed by atoms with van der Waals surface area (Å²) in [7, 11) is 0. The van der Waals surface area contributed by atoms with Gasteiger partial charge in [-0.1, -0.05) is 30.3 Å². The Balaban J connectivity index is 1.56. The summed E-state index contributed by atoms with van der Waals surface area (Å²) in [6.07, 6.45) is -0.0665. The molecule has 3 rings (SSSR count). The van der Waals surface area contributed by atoms with E-state index in [2.05, 4.69) is 4.98 Å². The van der Waals surface area contributed by atoms with Gasteiger partial charge in [-0.25, -0.2) is 4.98 Å². The number of nitrogens with zero attached hydrogens (tertiary/aromatic N) is 1. The molecular weight excluding hydrogens is 350 g/mol. The van der Waals surface area contributed by atoms with Crippen LogP contribution in [0.1, 0.15) is 11.3 Å². The van der Waals surface area contributed by atoms with E-state index >= 15 is 0 Å². The van der Waals surface area contributed by atoms with E-state index < -0.39 is 5.97 Å². The third-order valence-corrected chi connectivity index (χ3v) is 4.61. The van der Waals surface area contributed by atoms with Crippen LogP contribution in [-0.2, 0) is 11.2 Å². The predicted molar refractivity (Wildman–Crippen MR) is 101 cm³/mol. The van der Waals surface area contributed by atoms with Gasteiger partial charge in [0.25, 0.3) is 0 Å². The van der Waals surface area contributed by atoms with Crippen LogP contribution in [0.5, 0.6) is 11.5 Å². The third-order valence-electron chi connectivity index (χ3n) is 3.67. The number of aromatic nitrogens is 1. The number of benzene rings is 2. The lowest BCUT2D eigenvalue weighted by Crippen LogP contribution is -2.09.